The van der Waals surface area contributed by atoms with Gasteiger partial charge in [0.2, 0.25) is 0 Å². The molecule has 2 nitrogen and oxygen atoms in total. The minimum Gasteiger partial charge on any atom is -0.386 e. The minimum atomic E-state index is 0. The van der Waals surface area contributed by atoms with E-state index in [-0.39, 0.29) is 1.43 Å². The number of hydrogen-bond acceptors (Lipinski definition) is 2. The van der Waals surface area contributed by atoms with Crippen LogP contribution in [0.2, 0.25) is 0 Å². The number of nitrogens with one attached hydrogen (secondary N) is 2. The van der Waals surface area contributed by atoms with Crippen molar-refractivity contribution in [3.05, 3.63) is 24.3 Å². The van der Waals surface area contributed by atoms with Crippen LogP contribution in [0.15, 0.2) is 24.3 Å². The molecule has 0 fully saturated rings. The van der Waals surface area contributed by atoms with Gasteiger partial charge in [-0.15, -0.1) is 0 Å². The first-order valence-corrected chi connectivity index (χ1v) is 4.33. The second kappa shape index (κ2) is 6.53. The largest absolute Gasteiger partial charge is 0.386 e. The average molecular weight is 168 g/mol. The molecule has 70 valence electrons. The van der Waals surface area contributed by atoms with E-state index in [1.807, 2.05) is 52.2 Å². The van der Waals surface area contributed by atoms with Gasteiger partial charge in [0.1, 0.15) is 0 Å². The van der Waals surface area contributed by atoms with Gasteiger partial charge in [-0.1, -0.05) is 26.0 Å². The van der Waals surface area contributed by atoms with Gasteiger partial charge in [0, 0.05) is 15.5 Å². The summed E-state index contributed by atoms with van der Waals surface area (Å²) >= 11 is 0. The number of hydrogen-bond donors (Lipinski definition) is 2. The van der Waals surface area contributed by atoms with Crippen molar-refractivity contribution in [3.8, 4) is 0 Å². The van der Waals surface area contributed by atoms with Crippen LogP contribution in [0.25, 0.3) is 0 Å². The van der Waals surface area contributed by atoms with E-state index in [0.717, 1.165) is 11.4 Å². The SMILES string of the molecule is CC.CNc1ccccc1NC.[HH]. The van der Waals surface area contributed by atoms with Gasteiger partial charge in [-0.25, -0.2) is 0 Å². The standard InChI is InChI=1S/C8H12N2.C2H6.H2/c1-9-7-5-3-4-6-8(7)10-2;1-2;/h3-6,9-10H,1-2H3;1-2H3;1H. The van der Waals surface area contributed by atoms with Crippen molar-refractivity contribution in [3.63, 3.8) is 0 Å². The van der Waals surface area contributed by atoms with Gasteiger partial charge in [0.15, 0.2) is 0 Å². The molecular formula is C10H20N2. The van der Waals surface area contributed by atoms with Gasteiger partial charge in [0.25, 0.3) is 0 Å². The van der Waals surface area contributed by atoms with Crippen molar-refractivity contribution in [2.75, 3.05) is 24.7 Å². The molecule has 0 bridgehead atoms. The lowest BCUT2D eigenvalue weighted by atomic mass is 10.3. The Kier molecular flexibility index (Phi) is 5.88. The zero-order chi connectivity index (χ0) is 9.40. The quantitative estimate of drug-likeness (QED) is 0.709. The lowest BCUT2D eigenvalue weighted by Crippen LogP contribution is -1.95. The maximum absolute atomic E-state index is 3.08. The van der Waals surface area contributed by atoms with Crippen molar-refractivity contribution in [2.45, 2.75) is 13.8 Å². The third kappa shape index (κ3) is 2.82. The van der Waals surface area contributed by atoms with E-state index in [2.05, 4.69) is 10.6 Å². The summed E-state index contributed by atoms with van der Waals surface area (Å²) in [5.41, 5.74) is 2.26. The first-order valence-electron chi connectivity index (χ1n) is 4.33. The molecule has 1 aromatic rings. The van der Waals surface area contributed by atoms with E-state index in [9.17, 15) is 0 Å². The van der Waals surface area contributed by atoms with Crippen LogP contribution in [0, 0.1) is 0 Å². The van der Waals surface area contributed by atoms with Crippen LogP contribution in [0.5, 0.6) is 0 Å². The van der Waals surface area contributed by atoms with E-state index in [4.69, 9.17) is 0 Å². The van der Waals surface area contributed by atoms with Crippen LogP contribution in [0.4, 0.5) is 11.4 Å². The Labute approximate surface area is 76.5 Å². The summed E-state index contributed by atoms with van der Waals surface area (Å²) in [4.78, 5) is 0. The van der Waals surface area contributed by atoms with Gasteiger partial charge in [-0.2, -0.15) is 0 Å². The van der Waals surface area contributed by atoms with Gasteiger partial charge in [-0.3, -0.25) is 0 Å². The Morgan fingerprint density at radius 2 is 1.25 bits per heavy atom. The molecule has 0 saturated heterocycles. The fraction of sp³-hybridized carbons (Fsp3) is 0.400. The Balaban J connectivity index is 0. The Hall–Kier alpha value is -1.18. The fourth-order valence-corrected chi connectivity index (χ4v) is 0.919. The third-order valence-electron chi connectivity index (χ3n) is 1.47. The maximum atomic E-state index is 3.08. The molecule has 0 aliphatic heterocycles. The zero-order valence-electron chi connectivity index (χ0n) is 8.31. The summed E-state index contributed by atoms with van der Waals surface area (Å²) in [6.45, 7) is 4.00. The van der Waals surface area contributed by atoms with Crippen LogP contribution in [0.3, 0.4) is 0 Å². The first kappa shape index (κ1) is 10.8. The van der Waals surface area contributed by atoms with Crippen molar-refractivity contribution in [1.82, 2.24) is 0 Å². The molecule has 2 heteroatoms. The molecule has 0 aliphatic rings. The average Bonchev–Trinajstić information content (AvgIpc) is 2.20. The zero-order valence-corrected chi connectivity index (χ0v) is 8.31. The predicted octanol–water partition coefficient (Wildman–Crippen LogP) is 3.04. The highest BCUT2D eigenvalue weighted by atomic mass is 14.9. The molecular weight excluding hydrogens is 148 g/mol. The summed E-state index contributed by atoms with van der Waals surface area (Å²) < 4.78 is 0. The highest BCUT2D eigenvalue weighted by Gasteiger charge is 1.92. The molecule has 0 unspecified atom stereocenters. The molecule has 1 aromatic carbocycles. The topological polar surface area (TPSA) is 24.1 Å². The van der Waals surface area contributed by atoms with Gasteiger partial charge in [-0.05, 0) is 12.1 Å². The van der Waals surface area contributed by atoms with E-state index in [1.54, 1.807) is 0 Å². The number of anilines is 2. The molecule has 0 aliphatic carbocycles. The summed E-state index contributed by atoms with van der Waals surface area (Å²) in [5, 5.41) is 6.17. The molecule has 0 saturated carbocycles. The molecule has 0 spiro atoms. The third-order valence-corrected chi connectivity index (χ3v) is 1.47. The fourth-order valence-electron chi connectivity index (χ4n) is 0.919. The van der Waals surface area contributed by atoms with Crippen molar-refractivity contribution in [1.29, 1.82) is 0 Å². The van der Waals surface area contributed by atoms with Crippen LogP contribution < -0.4 is 10.6 Å². The second-order valence-electron chi connectivity index (χ2n) is 2.05. The lowest BCUT2D eigenvalue weighted by Gasteiger charge is -2.06. The van der Waals surface area contributed by atoms with E-state index in [0.29, 0.717) is 0 Å². The van der Waals surface area contributed by atoms with Crippen molar-refractivity contribution in [2.24, 2.45) is 0 Å². The number of para-hydroxylation sites is 2. The summed E-state index contributed by atoms with van der Waals surface area (Å²) in [6.07, 6.45) is 0. The molecule has 0 radical (unpaired) electrons. The molecule has 1 rings (SSSR count). The second-order valence-corrected chi connectivity index (χ2v) is 2.05. The smallest absolute Gasteiger partial charge is 0.0573 e. The maximum Gasteiger partial charge on any atom is 0.0573 e. The number of rotatable bonds is 2. The molecule has 2 N–H and O–H groups in total. The number of benzene rings is 1. The summed E-state index contributed by atoms with van der Waals surface area (Å²) in [6, 6.07) is 8.08. The van der Waals surface area contributed by atoms with Gasteiger partial charge < -0.3 is 10.6 Å². The Bertz CT molecular complexity index is 191. The van der Waals surface area contributed by atoms with E-state index >= 15 is 0 Å². The van der Waals surface area contributed by atoms with Crippen LogP contribution in [-0.4, -0.2) is 14.1 Å². The normalized spacial score (nSPS) is 8.00. The minimum absolute atomic E-state index is 0. The van der Waals surface area contributed by atoms with Crippen LogP contribution in [0.1, 0.15) is 15.3 Å². The van der Waals surface area contributed by atoms with Crippen LogP contribution >= 0.6 is 0 Å². The molecule has 0 atom stereocenters. The highest BCUT2D eigenvalue weighted by Crippen LogP contribution is 2.18. The van der Waals surface area contributed by atoms with Crippen LogP contribution in [-0.2, 0) is 0 Å². The highest BCUT2D eigenvalue weighted by molar-refractivity contribution is 5.67. The molecule has 0 aromatic heterocycles. The summed E-state index contributed by atoms with van der Waals surface area (Å²) in [7, 11) is 3.83. The predicted molar refractivity (Wildman–Crippen MR) is 59.0 cm³/mol. The van der Waals surface area contributed by atoms with Crippen molar-refractivity contribution >= 4 is 11.4 Å². The van der Waals surface area contributed by atoms with E-state index < -0.39 is 0 Å². The molecule has 12 heavy (non-hydrogen) atoms. The Morgan fingerprint density at radius 3 is 1.50 bits per heavy atom. The molecule has 0 amide bonds. The van der Waals surface area contributed by atoms with Gasteiger partial charge in [0.05, 0.1) is 11.4 Å². The Morgan fingerprint density at radius 1 is 0.917 bits per heavy atom. The monoisotopic (exact) mass is 168 g/mol. The van der Waals surface area contributed by atoms with Gasteiger partial charge >= 0.3 is 0 Å². The first-order chi connectivity index (χ1) is 5.88. The lowest BCUT2D eigenvalue weighted by molar-refractivity contribution is 1.45. The molecule has 0 heterocycles. The summed E-state index contributed by atoms with van der Waals surface area (Å²) in [5.74, 6) is 0. The van der Waals surface area contributed by atoms with Crippen molar-refractivity contribution < 1.29 is 1.43 Å². The van der Waals surface area contributed by atoms with E-state index in [1.165, 1.54) is 0 Å².